The van der Waals surface area contributed by atoms with Gasteiger partial charge in [-0.15, -0.1) is 11.3 Å². The number of carbonyl (C=O) groups excluding carboxylic acids is 1. The van der Waals surface area contributed by atoms with Crippen LogP contribution >= 0.6 is 11.3 Å². The molecule has 1 aromatic carbocycles. The Bertz CT molecular complexity index is 1030. The molecule has 162 valence electrons. The summed E-state index contributed by atoms with van der Waals surface area (Å²) in [6.45, 7) is 7.42. The number of amides is 1. The lowest BCUT2D eigenvalue weighted by Gasteiger charge is -2.25. The maximum Gasteiger partial charge on any atom is 0.410 e. The van der Waals surface area contributed by atoms with E-state index in [9.17, 15) is 13.2 Å². The van der Waals surface area contributed by atoms with Crippen molar-refractivity contribution in [3.05, 3.63) is 40.3 Å². The summed E-state index contributed by atoms with van der Waals surface area (Å²) >= 11 is 1.63. The van der Waals surface area contributed by atoms with Gasteiger partial charge in [0.2, 0.25) is 0 Å². The summed E-state index contributed by atoms with van der Waals surface area (Å²) in [7, 11) is -3.21. The molecule has 4 rings (SSSR count). The van der Waals surface area contributed by atoms with E-state index in [4.69, 9.17) is 14.5 Å². The predicted molar refractivity (Wildman–Crippen MR) is 114 cm³/mol. The van der Waals surface area contributed by atoms with E-state index in [1.54, 1.807) is 40.5 Å². The van der Waals surface area contributed by atoms with Crippen molar-refractivity contribution in [2.75, 3.05) is 19.3 Å². The number of hydrogen-bond donors (Lipinski definition) is 0. The molecule has 1 unspecified atom stereocenters. The largest absolute Gasteiger partial charge is 0.487 e. The molecule has 0 N–H and O–H groups in total. The SMILES string of the molecule is CC(C)(C)OC(=O)N1C[C@@H]2C(c3nc(COc4ccc(S(C)(=O)=O)cc4)cs3)[C@@H]2C1. The Labute approximate surface area is 180 Å². The van der Waals surface area contributed by atoms with Gasteiger partial charge in [-0.2, -0.15) is 0 Å². The van der Waals surface area contributed by atoms with Gasteiger partial charge in [0.25, 0.3) is 0 Å². The van der Waals surface area contributed by atoms with E-state index >= 15 is 0 Å². The Hall–Kier alpha value is -2.13. The summed E-state index contributed by atoms with van der Waals surface area (Å²) in [4.78, 5) is 19.0. The monoisotopic (exact) mass is 450 g/mol. The zero-order chi connectivity index (χ0) is 21.7. The number of fused-ring (bicyclic) bond motifs is 1. The minimum Gasteiger partial charge on any atom is -0.487 e. The highest BCUT2D eigenvalue weighted by Crippen LogP contribution is 2.58. The normalized spacial score (nSPS) is 23.2. The molecule has 2 fully saturated rings. The van der Waals surface area contributed by atoms with Crippen molar-refractivity contribution in [3.8, 4) is 5.75 Å². The topological polar surface area (TPSA) is 85.8 Å². The zero-order valence-electron chi connectivity index (χ0n) is 17.5. The first-order valence-corrected chi connectivity index (χ1v) is 12.6. The maximum atomic E-state index is 12.2. The van der Waals surface area contributed by atoms with Crippen LogP contribution in [0.2, 0.25) is 0 Å². The average Bonchev–Trinajstić information content (AvgIpc) is 3.01. The van der Waals surface area contributed by atoms with Crippen LogP contribution in [0.25, 0.3) is 0 Å². The van der Waals surface area contributed by atoms with E-state index in [0.29, 0.717) is 30.1 Å². The lowest BCUT2D eigenvalue weighted by Crippen LogP contribution is -2.36. The Morgan fingerprint density at radius 1 is 1.20 bits per heavy atom. The first-order chi connectivity index (χ1) is 14.0. The number of hydrogen-bond acceptors (Lipinski definition) is 7. The van der Waals surface area contributed by atoms with Crippen molar-refractivity contribution >= 4 is 27.3 Å². The molecular formula is C21H26N2O5S2. The van der Waals surface area contributed by atoms with Gasteiger partial charge in [-0.3, -0.25) is 0 Å². The van der Waals surface area contributed by atoms with Crippen LogP contribution in [0, 0.1) is 11.8 Å². The van der Waals surface area contributed by atoms with Crippen molar-refractivity contribution < 1.29 is 22.7 Å². The highest BCUT2D eigenvalue weighted by atomic mass is 32.2. The third-order valence-electron chi connectivity index (χ3n) is 5.34. The second-order valence-corrected chi connectivity index (χ2v) is 11.9. The van der Waals surface area contributed by atoms with Crippen LogP contribution < -0.4 is 4.74 Å². The maximum absolute atomic E-state index is 12.2. The van der Waals surface area contributed by atoms with Gasteiger partial charge >= 0.3 is 6.09 Å². The van der Waals surface area contributed by atoms with Crippen molar-refractivity contribution in [2.24, 2.45) is 11.8 Å². The molecule has 1 saturated heterocycles. The smallest absolute Gasteiger partial charge is 0.410 e. The molecule has 1 aromatic heterocycles. The lowest BCUT2D eigenvalue weighted by atomic mass is 10.2. The molecule has 7 nitrogen and oxygen atoms in total. The van der Waals surface area contributed by atoms with Crippen molar-refractivity contribution in [1.82, 2.24) is 9.88 Å². The third kappa shape index (κ3) is 4.62. The molecule has 9 heteroatoms. The van der Waals surface area contributed by atoms with E-state index < -0.39 is 15.4 Å². The number of piperidine rings is 1. The Morgan fingerprint density at radius 3 is 2.40 bits per heavy atom. The minimum atomic E-state index is -3.21. The van der Waals surface area contributed by atoms with Gasteiger partial charge in [0.1, 0.15) is 18.0 Å². The van der Waals surface area contributed by atoms with E-state index in [1.807, 2.05) is 26.2 Å². The molecule has 2 heterocycles. The number of sulfone groups is 1. The standard InChI is InChI=1S/C21H26N2O5S2/c1-21(2,3)28-20(24)23-9-16-17(10-23)18(16)19-22-13(12-29-19)11-27-14-5-7-15(8-6-14)30(4,25)26/h5-8,12,16-18H,9-11H2,1-4H3/t16-,17+,18?. The van der Waals surface area contributed by atoms with Gasteiger partial charge in [-0.1, -0.05) is 0 Å². The minimum absolute atomic E-state index is 0.233. The Balaban J connectivity index is 1.29. The third-order valence-corrected chi connectivity index (χ3v) is 7.46. The molecule has 2 aliphatic rings. The van der Waals surface area contributed by atoms with Gasteiger partial charge in [0, 0.05) is 30.6 Å². The van der Waals surface area contributed by atoms with Crippen LogP contribution in [-0.2, 0) is 21.2 Å². The number of rotatable bonds is 5. The van der Waals surface area contributed by atoms with Crippen molar-refractivity contribution in [2.45, 2.75) is 43.8 Å². The number of benzene rings is 1. The van der Waals surface area contributed by atoms with Crippen molar-refractivity contribution in [3.63, 3.8) is 0 Å². The molecular weight excluding hydrogens is 424 g/mol. The first-order valence-electron chi connectivity index (χ1n) is 9.86. The van der Waals surface area contributed by atoms with E-state index in [-0.39, 0.29) is 11.0 Å². The molecule has 1 aliphatic heterocycles. The van der Waals surface area contributed by atoms with E-state index in [2.05, 4.69) is 0 Å². The summed E-state index contributed by atoms with van der Waals surface area (Å²) in [6, 6.07) is 6.39. The summed E-state index contributed by atoms with van der Waals surface area (Å²) < 4.78 is 34.2. The molecule has 0 bridgehead atoms. The Kier molecular flexibility index (Phi) is 5.30. The molecule has 30 heavy (non-hydrogen) atoms. The summed E-state index contributed by atoms with van der Waals surface area (Å²) in [5.41, 5.74) is 0.384. The molecule has 1 amide bonds. The van der Waals surface area contributed by atoms with Crippen molar-refractivity contribution in [1.29, 1.82) is 0 Å². The molecule has 1 aliphatic carbocycles. The number of carbonyl (C=O) groups is 1. The molecule has 3 atom stereocenters. The van der Waals surface area contributed by atoms with Gasteiger partial charge < -0.3 is 14.4 Å². The van der Waals surface area contributed by atoms with Gasteiger partial charge in [0.05, 0.1) is 15.6 Å². The van der Waals surface area contributed by atoms with Crippen LogP contribution in [0.1, 0.15) is 37.4 Å². The van der Waals surface area contributed by atoms with Crippen LogP contribution in [0.4, 0.5) is 4.79 Å². The van der Waals surface area contributed by atoms with Crippen LogP contribution in [0.3, 0.4) is 0 Å². The number of nitrogens with zero attached hydrogens (tertiary/aromatic N) is 2. The van der Waals surface area contributed by atoms with E-state index in [0.717, 1.165) is 23.8 Å². The summed E-state index contributed by atoms with van der Waals surface area (Å²) in [5.74, 6) is 1.94. The highest BCUT2D eigenvalue weighted by Gasteiger charge is 2.59. The molecule has 1 saturated carbocycles. The highest BCUT2D eigenvalue weighted by molar-refractivity contribution is 7.90. The second-order valence-electron chi connectivity index (χ2n) is 8.95. The van der Waals surface area contributed by atoms with Gasteiger partial charge in [-0.25, -0.2) is 18.2 Å². The second kappa shape index (κ2) is 7.53. The van der Waals surface area contributed by atoms with Gasteiger partial charge in [-0.05, 0) is 56.9 Å². The number of aromatic nitrogens is 1. The predicted octanol–water partition coefficient (Wildman–Crippen LogP) is 3.71. The fourth-order valence-electron chi connectivity index (χ4n) is 3.85. The van der Waals surface area contributed by atoms with Crippen LogP contribution in [0.15, 0.2) is 34.5 Å². The fourth-order valence-corrected chi connectivity index (χ4v) is 5.54. The zero-order valence-corrected chi connectivity index (χ0v) is 19.1. The van der Waals surface area contributed by atoms with Crippen LogP contribution in [0.5, 0.6) is 5.75 Å². The summed E-state index contributed by atoms with van der Waals surface area (Å²) in [5, 5.41) is 3.10. The molecule has 2 aromatic rings. The first kappa shape index (κ1) is 21.1. The van der Waals surface area contributed by atoms with E-state index in [1.165, 1.54) is 6.26 Å². The Morgan fingerprint density at radius 2 is 1.83 bits per heavy atom. The van der Waals surface area contributed by atoms with Crippen LogP contribution in [-0.4, -0.2) is 49.3 Å². The molecule has 0 radical (unpaired) electrons. The quantitative estimate of drug-likeness (QED) is 0.690. The van der Waals surface area contributed by atoms with Gasteiger partial charge in [0.15, 0.2) is 9.84 Å². The summed E-state index contributed by atoms with van der Waals surface area (Å²) in [6.07, 6.45) is 0.947. The fraction of sp³-hybridized carbons (Fsp3) is 0.524. The number of likely N-dealkylation sites (tertiary alicyclic amines) is 1. The molecule has 0 spiro atoms. The average molecular weight is 451 g/mol. The lowest BCUT2D eigenvalue weighted by molar-refractivity contribution is 0.0271. The number of thiazole rings is 1. The number of ether oxygens (including phenoxy) is 2.